The number of esters is 2. The highest BCUT2D eigenvalue weighted by Gasteiger charge is 2.32. The summed E-state index contributed by atoms with van der Waals surface area (Å²) in [6.07, 6.45) is 0.146. The molecule has 0 aliphatic rings. The van der Waals surface area contributed by atoms with Gasteiger partial charge in [0.1, 0.15) is 5.75 Å². The van der Waals surface area contributed by atoms with Gasteiger partial charge in [0.05, 0.1) is 13.2 Å². The molecule has 0 radical (unpaired) electrons. The van der Waals surface area contributed by atoms with Gasteiger partial charge in [-0.3, -0.25) is 9.59 Å². The molecule has 0 saturated heterocycles. The summed E-state index contributed by atoms with van der Waals surface area (Å²) in [6, 6.07) is 1.92. The second-order valence-electron chi connectivity index (χ2n) is 7.20. The molecular formula is C20H30O5. The van der Waals surface area contributed by atoms with E-state index in [0.717, 1.165) is 16.7 Å². The lowest BCUT2D eigenvalue weighted by molar-refractivity contribution is -0.161. The van der Waals surface area contributed by atoms with Crippen LogP contribution in [-0.2, 0) is 30.9 Å². The topological polar surface area (TPSA) is 72.8 Å². The molecule has 0 heterocycles. The molecule has 0 spiro atoms. The van der Waals surface area contributed by atoms with E-state index in [1.807, 2.05) is 33.8 Å². The number of carbonyl (C=O) groups is 2. The minimum Gasteiger partial charge on any atom is -0.507 e. The largest absolute Gasteiger partial charge is 0.507 e. The molecule has 0 atom stereocenters. The summed E-state index contributed by atoms with van der Waals surface area (Å²) in [5, 5.41) is 10.6. The molecule has 5 nitrogen and oxygen atoms in total. The third-order valence-corrected chi connectivity index (χ3v) is 4.26. The van der Waals surface area contributed by atoms with Crippen molar-refractivity contribution in [2.45, 2.75) is 60.3 Å². The fourth-order valence-corrected chi connectivity index (χ4v) is 2.85. The number of rotatable bonds is 6. The summed E-state index contributed by atoms with van der Waals surface area (Å²) in [5.41, 5.74) is 3.02. The molecule has 0 fully saturated rings. The normalized spacial score (nSPS) is 11.5. The van der Waals surface area contributed by atoms with Crippen molar-refractivity contribution in [3.8, 4) is 5.75 Å². The van der Waals surface area contributed by atoms with E-state index in [-0.39, 0.29) is 30.8 Å². The van der Waals surface area contributed by atoms with E-state index >= 15 is 0 Å². The summed E-state index contributed by atoms with van der Waals surface area (Å²) in [7, 11) is 0. The highest BCUT2D eigenvalue weighted by Crippen LogP contribution is 2.37. The van der Waals surface area contributed by atoms with E-state index < -0.39 is 17.9 Å². The first-order valence-electron chi connectivity index (χ1n) is 8.70. The number of hydrogen-bond donors (Lipinski definition) is 1. The summed E-state index contributed by atoms with van der Waals surface area (Å²) in [4.78, 5) is 24.4. The Hall–Kier alpha value is -2.04. The Labute approximate surface area is 150 Å². The van der Waals surface area contributed by atoms with Crippen molar-refractivity contribution in [2.75, 3.05) is 13.2 Å². The Bertz CT molecular complexity index is 622. The van der Waals surface area contributed by atoms with Crippen molar-refractivity contribution in [3.63, 3.8) is 0 Å². The lowest BCUT2D eigenvalue weighted by atomic mass is 9.81. The molecule has 1 aromatic carbocycles. The predicted molar refractivity (Wildman–Crippen MR) is 96.7 cm³/mol. The molecule has 1 rings (SSSR count). The first-order valence-corrected chi connectivity index (χ1v) is 8.70. The van der Waals surface area contributed by atoms with E-state index in [4.69, 9.17) is 9.47 Å². The van der Waals surface area contributed by atoms with E-state index in [1.165, 1.54) is 0 Å². The van der Waals surface area contributed by atoms with Crippen LogP contribution < -0.4 is 0 Å². The Morgan fingerprint density at radius 1 is 1.08 bits per heavy atom. The van der Waals surface area contributed by atoms with Crippen LogP contribution in [0.4, 0.5) is 0 Å². The highest BCUT2D eigenvalue weighted by atomic mass is 16.6. The van der Waals surface area contributed by atoms with Gasteiger partial charge in [0.15, 0.2) is 5.92 Å². The summed E-state index contributed by atoms with van der Waals surface area (Å²) >= 11 is 0. The van der Waals surface area contributed by atoms with Crippen molar-refractivity contribution >= 4 is 11.9 Å². The molecule has 25 heavy (non-hydrogen) atoms. The molecule has 0 amide bonds. The van der Waals surface area contributed by atoms with E-state index in [0.29, 0.717) is 5.56 Å². The zero-order chi connectivity index (χ0) is 19.4. The van der Waals surface area contributed by atoms with Crippen LogP contribution in [0.2, 0.25) is 0 Å². The van der Waals surface area contributed by atoms with Gasteiger partial charge >= 0.3 is 11.9 Å². The summed E-state index contributed by atoms with van der Waals surface area (Å²) < 4.78 is 10.1. The molecule has 0 bridgehead atoms. The second-order valence-corrected chi connectivity index (χ2v) is 7.20. The van der Waals surface area contributed by atoms with E-state index in [2.05, 4.69) is 0 Å². The first kappa shape index (κ1) is 21.0. The van der Waals surface area contributed by atoms with Crippen LogP contribution in [0.5, 0.6) is 5.75 Å². The lowest BCUT2D eigenvalue weighted by Gasteiger charge is -2.25. The van der Waals surface area contributed by atoms with E-state index in [9.17, 15) is 14.7 Å². The Kier molecular flexibility index (Phi) is 7.03. The predicted octanol–water partition coefficient (Wildman–Crippen LogP) is 3.59. The van der Waals surface area contributed by atoms with Gasteiger partial charge in [-0.05, 0) is 61.8 Å². The van der Waals surface area contributed by atoms with Gasteiger partial charge in [-0.15, -0.1) is 0 Å². The number of phenolic OH excluding ortho intramolecular Hbond substituents is 1. The smallest absolute Gasteiger partial charge is 0.320 e. The highest BCUT2D eigenvalue weighted by molar-refractivity contribution is 5.95. The fourth-order valence-electron chi connectivity index (χ4n) is 2.85. The first-order chi connectivity index (χ1) is 11.5. The molecule has 1 aromatic rings. The standard InChI is InChI=1S/C20H30O5/c1-8-24-18(22)15(19(23)25-9-2)11-14-12(3)10-16(20(5,6)7)17(21)13(14)4/h10,15,21H,8-9,11H2,1-7H3. The lowest BCUT2D eigenvalue weighted by Crippen LogP contribution is -2.30. The summed E-state index contributed by atoms with van der Waals surface area (Å²) in [5.74, 6) is -2.02. The van der Waals surface area contributed by atoms with Crippen LogP contribution in [0.25, 0.3) is 0 Å². The van der Waals surface area contributed by atoms with Crippen LogP contribution in [0.15, 0.2) is 6.07 Å². The molecule has 140 valence electrons. The molecule has 1 N–H and O–H groups in total. The molecule has 5 heteroatoms. The van der Waals surface area contributed by atoms with Crippen molar-refractivity contribution in [1.29, 1.82) is 0 Å². The molecule has 0 aromatic heterocycles. The average molecular weight is 350 g/mol. The van der Waals surface area contributed by atoms with E-state index in [1.54, 1.807) is 20.8 Å². The fraction of sp³-hybridized carbons (Fsp3) is 0.600. The van der Waals surface area contributed by atoms with Gasteiger partial charge in [0.25, 0.3) is 0 Å². The maximum absolute atomic E-state index is 12.2. The number of carbonyl (C=O) groups excluding carboxylic acids is 2. The van der Waals surface area contributed by atoms with Crippen molar-refractivity contribution in [1.82, 2.24) is 0 Å². The van der Waals surface area contributed by atoms with Crippen LogP contribution in [0, 0.1) is 19.8 Å². The van der Waals surface area contributed by atoms with Gasteiger partial charge < -0.3 is 14.6 Å². The molecule has 0 saturated carbocycles. The Morgan fingerprint density at radius 3 is 1.96 bits per heavy atom. The average Bonchev–Trinajstić information content (AvgIpc) is 2.50. The van der Waals surface area contributed by atoms with Crippen molar-refractivity contribution < 1.29 is 24.2 Å². The number of phenols is 1. The monoisotopic (exact) mass is 350 g/mol. The minimum absolute atomic E-state index is 0.146. The molecule has 0 aliphatic carbocycles. The second kappa shape index (κ2) is 8.37. The SMILES string of the molecule is CCOC(=O)C(Cc1c(C)cc(C(C)(C)C)c(O)c1C)C(=O)OCC. The maximum atomic E-state index is 12.2. The van der Waals surface area contributed by atoms with Gasteiger partial charge in [-0.1, -0.05) is 26.8 Å². The van der Waals surface area contributed by atoms with Crippen molar-refractivity contribution in [2.24, 2.45) is 5.92 Å². The van der Waals surface area contributed by atoms with Crippen LogP contribution >= 0.6 is 0 Å². The number of aromatic hydroxyl groups is 1. The van der Waals surface area contributed by atoms with Gasteiger partial charge in [0, 0.05) is 0 Å². The third-order valence-electron chi connectivity index (χ3n) is 4.26. The number of aryl methyl sites for hydroxylation is 1. The van der Waals surface area contributed by atoms with Gasteiger partial charge in [0.2, 0.25) is 0 Å². The zero-order valence-electron chi connectivity index (χ0n) is 16.4. The van der Waals surface area contributed by atoms with Gasteiger partial charge in [-0.2, -0.15) is 0 Å². The number of hydrogen-bond acceptors (Lipinski definition) is 5. The summed E-state index contributed by atoms with van der Waals surface area (Å²) in [6.45, 7) is 13.6. The van der Waals surface area contributed by atoms with Gasteiger partial charge in [-0.25, -0.2) is 0 Å². The molecular weight excluding hydrogens is 320 g/mol. The quantitative estimate of drug-likeness (QED) is 0.627. The van der Waals surface area contributed by atoms with Crippen LogP contribution in [-0.4, -0.2) is 30.3 Å². The maximum Gasteiger partial charge on any atom is 0.320 e. The zero-order valence-corrected chi connectivity index (χ0v) is 16.4. The van der Waals surface area contributed by atoms with Crippen LogP contribution in [0.1, 0.15) is 56.9 Å². The van der Waals surface area contributed by atoms with Crippen molar-refractivity contribution in [3.05, 3.63) is 28.3 Å². The molecule has 0 aliphatic heterocycles. The number of benzene rings is 1. The Morgan fingerprint density at radius 2 is 1.56 bits per heavy atom. The molecule has 0 unspecified atom stereocenters. The minimum atomic E-state index is -1.03. The van der Waals surface area contributed by atoms with Crippen LogP contribution in [0.3, 0.4) is 0 Å². The Balaban J connectivity index is 3.32. The number of ether oxygens (including phenoxy) is 2. The third kappa shape index (κ3) is 4.97.